The molecule has 1 aliphatic carbocycles. The Kier molecular flexibility index (Phi) is 5.37. The lowest BCUT2D eigenvalue weighted by molar-refractivity contribution is -0.273. The Labute approximate surface area is 193 Å². The maximum atomic E-state index is 13.8. The molecule has 0 bridgehead atoms. The number of nitrogens with zero attached hydrogens (tertiary/aromatic N) is 5. The zero-order valence-corrected chi connectivity index (χ0v) is 18.7. The van der Waals surface area contributed by atoms with Crippen LogP contribution in [0.3, 0.4) is 0 Å². The van der Waals surface area contributed by atoms with Gasteiger partial charge >= 0.3 is 12.0 Å². The van der Waals surface area contributed by atoms with Crippen LogP contribution in [0.1, 0.15) is 37.9 Å². The summed E-state index contributed by atoms with van der Waals surface area (Å²) >= 11 is 0. The normalized spacial score (nSPS) is 24.6. The molecule has 5 rings (SSSR count). The quantitative estimate of drug-likeness (QED) is 0.537. The minimum Gasteiger partial charge on any atom is -0.439 e. The highest BCUT2D eigenvalue weighted by Gasteiger charge is 2.69. The molecule has 2 aliphatic rings. The average Bonchev–Trinajstić information content (AvgIpc) is 3.25. The maximum absolute atomic E-state index is 13.8. The summed E-state index contributed by atoms with van der Waals surface area (Å²) in [6, 6.07) is 5.52. The van der Waals surface area contributed by atoms with E-state index in [2.05, 4.69) is 15.0 Å². The van der Waals surface area contributed by atoms with Crippen LogP contribution in [0.4, 0.5) is 18.0 Å². The van der Waals surface area contributed by atoms with Gasteiger partial charge in [0.2, 0.25) is 5.88 Å². The van der Waals surface area contributed by atoms with E-state index in [9.17, 15) is 18.0 Å². The molecule has 180 valence electrons. The second-order valence-electron chi connectivity index (χ2n) is 8.94. The number of likely N-dealkylation sites (tertiary alicyclic amines) is 1. The largest absolute Gasteiger partial charge is 0.439 e. The SMILES string of the molecule is Cc1ncccc1Oc1ncnc2c1ccn2C1CCN(C(=O)OC2CC(C)(F)C2(F)F)CC1. The number of carbonyl (C=O) groups excluding carboxylic acids is 1. The topological polar surface area (TPSA) is 82.4 Å². The fraction of sp³-hybridized carbons (Fsp3) is 0.478. The fourth-order valence-electron chi connectivity index (χ4n) is 4.46. The van der Waals surface area contributed by atoms with Crippen molar-refractivity contribution in [3.05, 3.63) is 42.6 Å². The Morgan fingerprint density at radius 3 is 2.59 bits per heavy atom. The first-order valence-electron chi connectivity index (χ1n) is 11.1. The van der Waals surface area contributed by atoms with Gasteiger partial charge in [0, 0.05) is 37.9 Å². The van der Waals surface area contributed by atoms with Crippen LogP contribution in [0.5, 0.6) is 11.6 Å². The molecule has 34 heavy (non-hydrogen) atoms. The smallest absolute Gasteiger partial charge is 0.410 e. The monoisotopic (exact) mass is 475 g/mol. The summed E-state index contributed by atoms with van der Waals surface area (Å²) in [5, 5.41) is 0.745. The van der Waals surface area contributed by atoms with E-state index in [1.54, 1.807) is 12.3 Å². The lowest BCUT2D eigenvalue weighted by Crippen LogP contribution is -2.65. The van der Waals surface area contributed by atoms with Gasteiger partial charge in [0.05, 0.1) is 11.1 Å². The molecule has 0 N–H and O–H groups in total. The second kappa shape index (κ2) is 8.14. The first-order valence-corrected chi connectivity index (χ1v) is 11.1. The molecule has 2 atom stereocenters. The molecule has 4 heterocycles. The number of carbonyl (C=O) groups is 1. The first kappa shape index (κ1) is 22.4. The Bertz CT molecular complexity index is 1220. The molecule has 2 unspecified atom stereocenters. The number of fused-ring (bicyclic) bond motifs is 1. The molecule has 1 amide bonds. The zero-order valence-electron chi connectivity index (χ0n) is 18.7. The van der Waals surface area contributed by atoms with E-state index < -0.39 is 30.2 Å². The maximum Gasteiger partial charge on any atom is 0.410 e. The van der Waals surface area contributed by atoms with Crippen LogP contribution >= 0.6 is 0 Å². The summed E-state index contributed by atoms with van der Waals surface area (Å²) in [4.78, 5) is 26.6. The molecule has 2 fully saturated rings. The molecule has 1 aliphatic heterocycles. The highest BCUT2D eigenvalue weighted by Crippen LogP contribution is 2.51. The van der Waals surface area contributed by atoms with Gasteiger partial charge in [-0.1, -0.05) is 0 Å². The number of aromatic nitrogens is 4. The number of amides is 1. The van der Waals surface area contributed by atoms with Gasteiger partial charge in [0.15, 0.2) is 17.5 Å². The summed E-state index contributed by atoms with van der Waals surface area (Å²) < 4.78 is 54.1. The molecular weight excluding hydrogens is 451 g/mol. The van der Waals surface area contributed by atoms with Gasteiger partial charge in [-0.25, -0.2) is 19.2 Å². The van der Waals surface area contributed by atoms with Crippen molar-refractivity contribution < 1.29 is 27.4 Å². The number of halogens is 3. The van der Waals surface area contributed by atoms with Crippen molar-refractivity contribution in [2.24, 2.45) is 0 Å². The fourth-order valence-corrected chi connectivity index (χ4v) is 4.46. The van der Waals surface area contributed by atoms with Crippen molar-refractivity contribution in [1.82, 2.24) is 24.4 Å². The molecular formula is C23H24F3N5O3. The van der Waals surface area contributed by atoms with Crippen molar-refractivity contribution in [2.45, 2.75) is 56.8 Å². The summed E-state index contributed by atoms with van der Waals surface area (Å²) in [5.41, 5.74) is -1.20. The van der Waals surface area contributed by atoms with Gasteiger partial charge in [-0.15, -0.1) is 0 Å². The number of aryl methyl sites for hydroxylation is 1. The first-order chi connectivity index (χ1) is 16.2. The Hall–Kier alpha value is -3.37. The van der Waals surface area contributed by atoms with E-state index >= 15 is 0 Å². The van der Waals surface area contributed by atoms with Gasteiger partial charge in [-0.3, -0.25) is 4.98 Å². The highest BCUT2D eigenvalue weighted by molar-refractivity contribution is 5.81. The van der Waals surface area contributed by atoms with E-state index in [1.807, 2.05) is 29.8 Å². The molecule has 1 saturated heterocycles. The Balaban J connectivity index is 1.25. The van der Waals surface area contributed by atoms with E-state index in [0.717, 1.165) is 18.0 Å². The van der Waals surface area contributed by atoms with E-state index in [-0.39, 0.29) is 6.04 Å². The van der Waals surface area contributed by atoms with Crippen molar-refractivity contribution in [3.8, 4) is 11.6 Å². The predicted octanol–water partition coefficient (Wildman–Crippen LogP) is 4.84. The van der Waals surface area contributed by atoms with Gasteiger partial charge in [-0.2, -0.15) is 8.78 Å². The molecule has 0 spiro atoms. The molecule has 11 heteroatoms. The highest BCUT2D eigenvalue weighted by atomic mass is 19.3. The number of hydrogen-bond donors (Lipinski definition) is 0. The Morgan fingerprint density at radius 2 is 1.91 bits per heavy atom. The van der Waals surface area contributed by atoms with Crippen LogP contribution in [-0.2, 0) is 4.74 Å². The lowest BCUT2D eigenvalue weighted by atomic mass is 9.76. The van der Waals surface area contributed by atoms with Crippen molar-refractivity contribution in [3.63, 3.8) is 0 Å². The number of hydrogen-bond acceptors (Lipinski definition) is 6. The standard InChI is InChI=1S/C23H24F3N5O3/c1-14-17(4-3-8-27-14)33-20-16-7-11-31(19(16)28-13-29-20)15-5-9-30(10-6-15)21(32)34-18-12-22(2,24)23(18,25)26/h3-4,7-8,11,13,15,18H,5-6,9-10,12H2,1-2H3. The number of piperidine rings is 1. The van der Waals surface area contributed by atoms with Crippen LogP contribution < -0.4 is 4.74 Å². The Morgan fingerprint density at radius 1 is 1.15 bits per heavy atom. The van der Waals surface area contributed by atoms with Gasteiger partial charge in [0.25, 0.3) is 0 Å². The molecule has 0 aromatic carbocycles. The number of alkyl halides is 3. The summed E-state index contributed by atoms with van der Waals surface area (Å²) in [7, 11) is 0. The third kappa shape index (κ3) is 3.72. The summed E-state index contributed by atoms with van der Waals surface area (Å²) in [6.45, 7) is 3.33. The minimum atomic E-state index is -3.67. The molecule has 3 aromatic rings. The van der Waals surface area contributed by atoms with Crippen molar-refractivity contribution in [1.29, 1.82) is 0 Å². The average molecular weight is 475 g/mol. The molecule has 8 nitrogen and oxygen atoms in total. The van der Waals surface area contributed by atoms with Crippen molar-refractivity contribution in [2.75, 3.05) is 13.1 Å². The third-order valence-electron chi connectivity index (χ3n) is 6.67. The van der Waals surface area contributed by atoms with Gasteiger partial charge in [-0.05, 0) is 44.9 Å². The summed E-state index contributed by atoms with van der Waals surface area (Å²) in [5.74, 6) is -2.65. The number of pyridine rings is 1. The second-order valence-corrected chi connectivity index (χ2v) is 8.94. The number of ether oxygens (including phenoxy) is 2. The van der Waals surface area contributed by atoms with Crippen molar-refractivity contribution >= 4 is 17.1 Å². The minimum absolute atomic E-state index is 0.0451. The van der Waals surface area contributed by atoms with Crippen LogP contribution in [0, 0.1) is 6.92 Å². The van der Waals surface area contributed by atoms with Crippen LogP contribution in [0.2, 0.25) is 0 Å². The number of rotatable bonds is 4. The lowest BCUT2D eigenvalue weighted by Gasteiger charge is -2.46. The van der Waals surface area contributed by atoms with Crippen LogP contribution in [-0.4, -0.2) is 61.3 Å². The predicted molar refractivity (Wildman–Crippen MR) is 116 cm³/mol. The van der Waals surface area contributed by atoms with E-state index in [1.165, 1.54) is 11.2 Å². The van der Waals surface area contributed by atoms with E-state index in [0.29, 0.717) is 43.2 Å². The van der Waals surface area contributed by atoms with Gasteiger partial charge in [0.1, 0.15) is 12.0 Å². The molecule has 3 aromatic heterocycles. The summed E-state index contributed by atoms with van der Waals surface area (Å²) in [6.07, 6.45) is 3.14. The third-order valence-corrected chi connectivity index (χ3v) is 6.67. The van der Waals surface area contributed by atoms with Gasteiger partial charge < -0.3 is 18.9 Å². The van der Waals surface area contributed by atoms with Crippen LogP contribution in [0.25, 0.3) is 11.0 Å². The van der Waals surface area contributed by atoms with E-state index in [4.69, 9.17) is 9.47 Å². The molecule has 0 radical (unpaired) electrons. The molecule has 1 saturated carbocycles. The van der Waals surface area contributed by atoms with Crippen LogP contribution in [0.15, 0.2) is 36.9 Å². The zero-order chi connectivity index (χ0) is 24.1.